The van der Waals surface area contributed by atoms with Crippen LogP contribution in [-0.4, -0.2) is 26.8 Å². The van der Waals surface area contributed by atoms with Crippen molar-refractivity contribution in [3.05, 3.63) is 21.6 Å². The van der Waals surface area contributed by atoms with Crippen LogP contribution >= 0.6 is 27.5 Å². The summed E-state index contributed by atoms with van der Waals surface area (Å²) >= 11 is 9.01. The van der Waals surface area contributed by atoms with Crippen LogP contribution in [0.15, 0.2) is 21.5 Å². The van der Waals surface area contributed by atoms with Crippen LogP contribution in [0.2, 0.25) is 5.02 Å². The van der Waals surface area contributed by atoms with Gasteiger partial charge in [-0.15, -0.1) is 0 Å². The lowest BCUT2D eigenvalue weighted by molar-refractivity contribution is 0.521. The Balaban J connectivity index is 3.52. The van der Waals surface area contributed by atoms with Gasteiger partial charge in [0.2, 0.25) is 10.0 Å². The van der Waals surface area contributed by atoms with Gasteiger partial charge in [0.15, 0.2) is 0 Å². The van der Waals surface area contributed by atoms with Gasteiger partial charge in [-0.25, -0.2) is 12.7 Å². The van der Waals surface area contributed by atoms with Gasteiger partial charge in [-0.1, -0.05) is 27.5 Å². The van der Waals surface area contributed by atoms with E-state index in [0.29, 0.717) is 4.47 Å². The largest absolute Gasteiger partial charge is 0.397 e. The predicted octanol–water partition coefficient (Wildman–Crippen LogP) is 1.94. The molecule has 0 radical (unpaired) electrons. The summed E-state index contributed by atoms with van der Waals surface area (Å²) in [5.41, 5.74) is 5.80. The first-order chi connectivity index (χ1) is 6.76. The molecule has 4 nitrogen and oxygen atoms in total. The number of nitrogen functional groups attached to an aromatic ring is 1. The zero-order valence-electron chi connectivity index (χ0n) is 8.16. The second kappa shape index (κ2) is 4.29. The van der Waals surface area contributed by atoms with E-state index in [4.69, 9.17) is 17.3 Å². The van der Waals surface area contributed by atoms with Gasteiger partial charge in [0, 0.05) is 18.6 Å². The fourth-order valence-corrected chi connectivity index (χ4v) is 3.01. The summed E-state index contributed by atoms with van der Waals surface area (Å²) in [5.74, 6) is 0. The second-order valence-corrected chi connectivity index (χ2v) is 6.51. The molecule has 0 saturated carbocycles. The molecule has 0 fully saturated rings. The molecule has 2 N–H and O–H groups in total. The highest BCUT2D eigenvalue weighted by Crippen LogP contribution is 2.32. The number of hydrogen-bond acceptors (Lipinski definition) is 3. The van der Waals surface area contributed by atoms with Crippen molar-refractivity contribution in [2.24, 2.45) is 0 Å². The van der Waals surface area contributed by atoms with Crippen molar-refractivity contribution in [1.29, 1.82) is 0 Å². The summed E-state index contributed by atoms with van der Waals surface area (Å²) in [7, 11) is -0.695. The fraction of sp³-hybridized carbons (Fsp3) is 0.250. The zero-order chi connectivity index (χ0) is 11.8. The lowest BCUT2D eigenvalue weighted by Crippen LogP contribution is -2.22. The first-order valence-electron chi connectivity index (χ1n) is 3.94. The highest BCUT2D eigenvalue weighted by molar-refractivity contribution is 9.10. The molecule has 0 saturated heterocycles. The van der Waals surface area contributed by atoms with Crippen LogP contribution in [0.1, 0.15) is 0 Å². The minimum atomic E-state index is -3.56. The Bertz CT molecular complexity index is 488. The van der Waals surface area contributed by atoms with Crippen molar-refractivity contribution in [1.82, 2.24) is 4.31 Å². The number of hydrogen-bond donors (Lipinski definition) is 1. The summed E-state index contributed by atoms with van der Waals surface area (Å²) in [6.07, 6.45) is 0. The van der Waals surface area contributed by atoms with Crippen molar-refractivity contribution >= 4 is 43.2 Å². The molecule has 0 atom stereocenters. The van der Waals surface area contributed by atoms with Gasteiger partial charge in [0.25, 0.3) is 0 Å². The third-order valence-corrected chi connectivity index (χ3v) is 4.62. The third-order valence-electron chi connectivity index (χ3n) is 1.79. The van der Waals surface area contributed by atoms with Crippen molar-refractivity contribution in [3.63, 3.8) is 0 Å². The molecule has 0 aromatic heterocycles. The monoisotopic (exact) mass is 312 g/mol. The van der Waals surface area contributed by atoms with Crippen LogP contribution in [0.4, 0.5) is 5.69 Å². The Morgan fingerprint density at radius 3 is 2.40 bits per heavy atom. The molecule has 7 heteroatoms. The van der Waals surface area contributed by atoms with Gasteiger partial charge in [0.1, 0.15) is 4.90 Å². The molecule has 0 aliphatic rings. The SMILES string of the molecule is CN(C)S(=O)(=O)c1cc(Br)cc(N)c1Cl. The predicted molar refractivity (Wildman–Crippen MR) is 64.4 cm³/mol. The maximum atomic E-state index is 11.8. The lowest BCUT2D eigenvalue weighted by Gasteiger charge is -2.14. The van der Waals surface area contributed by atoms with Gasteiger partial charge < -0.3 is 5.73 Å². The zero-order valence-corrected chi connectivity index (χ0v) is 11.3. The van der Waals surface area contributed by atoms with Gasteiger partial charge >= 0.3 is 0 Å². The number of nitrogens with zero attached hydrogens (tertiary/aromatic N) is 1. The highest BCUT2D eigenvalue weighted by Gasteiger charge is 2.22. The summed E-state index contributed by atoms with van der Waals surface area (Å²) in [6.45, 7) is 0. The van der Waals surface area contributed by atoms with Gasteiger partial charge in [0.05, 0.1) is 10.7 Å². The minimum absolute atomic E-state index is 0.000965. The summed E-state index contributed by atoms with van der Waals surface area (Å²) in [5, 5.41) is 0.0481. The van der Waals surface area contributed by atoms with Crippen LogP contribution in [0.3, 0.4) is 0 Å². The maximum absolute atomic E-state index is 11.8. The Morgan fingerprint density at radius 2 is 1.93 bits per heavy atom. The number of nitrogens with two attached hydrogens (primary N) is 1. The molecular weight excluding hydrogens is 304 g/mol. The van der Waals surface area contributed by atoms with E-state index < -0.39 is 10.0 Å². The van der Waals surface area contributed by atoms with Crippen molar-refractivity contribution in [2.45, 2.75) is 4.90 Å². The molecule has 0 heterocycles. The number of anilines is 1. The smallest absolute Gasteiger partial charge is 0.244 e. The molecule has 84 valence electrons. The average molecular weight is 314 g/mol. The Hall–Kier alpha value is -0.300. The van der Waals surface area contributed by atoms with Crippen LogP contribution in [-0.2, 0) is 10.0 Å². The number of sulfonamides is 1. The molecule has 15 heavy (non-hydrogen) atoms. The quantitative estimate of drug-likeness (QED) is 0.849. The van der Waals surface area contributed by atoms with Crippen molar-refractivity contribution in [3.8, 4) is 0 Å². The van der Waals surface area contributed by atoms with E-state index in [1.54, 1.807) is 6.07 Å². The van der Waals surface area contributed by atoms with E-state index in [1.165, 1.54) is 20.2 Å². The Kier molecular flexibility index (Phi) is 3.65. The van der Waals surface area contributed by atoms with Crippen molar-refractivity contribution in [2.75, 3.05) is 19.8 Å². The first kappa shape index (κ1) is 12.8. The number of benzene rings is 1. The molecule has 0 bridgehead atoms. The second-order valence-electron chi connectivity index (χ2n) is 3.09. The minimum Gasteiger partial charge on any atom is -0.397 e. The van der Waals surface area contributed by atoms with Crippen LogP contribution in [0.25, 0.3) is 0 Å². The normalized spacial score (nSPS) is 12.1. The Labute approximate surface area is 102 Å². The third kappa shape index (κ3) is 2.44. The van der Waals surface area contributed by atoms with Gasteiger partial charge in [-0.05, 0) is 12.1 Å². The number of rotatable bonds is 2. The van der Waals surface area contributed by atoms with E-state index in [9.17, 15) is 8.42 Å². The number of halogens is 2. The lowest BCUT2D eigenvalue weighted by atomic mass is 10.3. The van der Waals surface area contributed by atoms with E-state index >= 15 is 0 Å². The molecular formula is C8H10BrClN2O2S. The molecule has 1 aromatic carbocycles. The molecule has 1 rings (SSSR count). The van der Waals surface area contributed by atoms with Gasteiger partial charge in [-0.3, -0.25) is 0 Å². The van der Waals surface area contributed by atoms with Gasteiger partial charge in [-0.2, -0.15) is 0 Å². The molecule has 0 aliphatic carbocycles. The molecule has 0 unspecified atom stereocenters. The summed E-state index contributed by atoms with van der Waals surface area (Å²) in [6, 6.07) is 2.98. The fourth-order valence-electron chi connectivity index (χ4n) is 0.969. The maximum Gasteiger partial charge on any atom is 0.244 e. The molecule has 0 amide bonds. The summed E-state index contributed by atoms with van der Waals surface area (Å²) < 4.78 is 25.3. The molecule has 0 spiro atoms. The van der Waals surface area contributed by atoms with Crippen LogP contribution in [0, 0.1) is 0 Å². The molecule has 1 aromatic rings. The highest BCUT2D eigenvalue weighted by atomic mass is 79.9. The van der Waals surface area contributed by atoms with Crippen molar-refractivity contribution < 1.29 is 8.42 Å². The van der Waals surface area contributed by atoms with E-state index in [0.717, 1.165) is 4.31 Å². The standard InChI is InChI=1S/C8H10BrClN2O2S/c1-12(2)15(13,14)7-4-5(9)3-6(11)8(7)10/h3-4H,11H2,1-2H3. The Morgan fingerprint density at radius 1 is 1.40 bits per heavy atom. The topological polar surface area (TPSA) is 63.4 Å². The average Bonchev–Trinajstić information content (AvgIpc) is 2.10. The summed E-state index contributed by atoms with van der Waals surface area (Å²) in [4.78, 5) is 0.000965. The van der Waals surface area contributed by atoms with Crippen LogP contribution in [0.5, 0.6) is 0 Å². The van der Waals surface area contributed by atoms with E-state index in [2.05, 4.69) is 15.9 Å². The van der Waals surface area contributed by atoms with E-state index in [-0.39, 0.29) is 15.6 Å². The molecule has 0 aliphatic heterocycles. The van der Waals surface area contributed by atoms with Crippen LogP contribution < -0.4 is 5.73 Å². The van der Waals surface area contributed by atoms with E-state index in [1.807, 2.05) is 0 Å². The first-order valence-corrected chi connectivity index (χ1v) is 6.55.